The molecule has 0 spiro atoms. The van der Waals surface area contributed by atoms with Crippen molar-refractivity contribution in [3.05, 3.63) is 18.1 Å². The van der Waals surface area contributed by atoms with E-state index >= 15 is 0 Å². The first-order valence-electron chi connectivity index (χ1n) is 6.87. The number of nitrogens with one attached hydrogen (secondary N) is 1. The summed E-state index contributed by atoms with van der Waals surface area (Å²) >= 11 is 0. The number of aliphatic carboxylic acids is 1. The Bertz CT molecular complexity index is 464. The van der Waals surface area contributed by atoms with Gasteiger partial charge in [-0.2, -0.15) is 0 Å². The summed E-state index contributed by atoms with van der Waals surface area (Å²) in [6.45, 7) is 3.92. The zero-order valence-corrected chi connectivity index (χ0v) is 11.5. The molecule has 1 aromatic heterocycles. The fourth-order valence-electron chi connectivity index (χ4n) is 2.70. The number of carboxylic acid groups (broad SMARTS) is 1. The molecule has 19 heavy (non-hydrogen) atoms. The average molecular weight is 263 g/mol. The normalized spacial score (nSPS) is 26.3. The zero-order chi connectivity index (χ0) is 13.9. The van der Waals surface area contributed by atoms with E-state index in [0.29, 0.717) is 6.42 Å². The first-order chi connectivity index (χ1) is 9.06. The number of nitrogens with zero attached hydrogens (tertiary/aromatic N) is 2. The van der Waals surface area contributed by atoms with Gasteiger partial charge in [-0.1, -0.05) is 19.8 Å². The average Bonchev–Trinajstić information content (AvgIpc) is 2.73. The van der Waals surface area contributed by atoms with Crippen molar-refractivity contribution in [2.45, 2.75) is 52.0 Å². The standard InChI is InChI=1S/C14H21N3O2/c1-3-5-10-8-12(16-9-15-10)17-11-6-4-7-14(11,2)13(18)19/h8-9,11H,3-7H2,1-2H3,(H,18,19)(H,15,16,17). The molecule has 1 aliphatic carbocycles. The molecule has 0 amide bonds. The maximum Gasteiger partial charge on any atom is 0.311 e. The zero-order valence-electron chi connectivity index (χ0n) is 11.5. The van der Waals surface area contributed by atoms with Gasteiger partial charge in [0.2, 0.25) is 0 Å². The predicted molar refractivity (Wildman–Crippen MR) is 73.0 cm³/mol. The third kappa shape index (κ3) is 2.85. The molecule has 1 fully saturated rings. The first-order valence-corrected chi connectivity index (χ1v) is 6.87. The molecule has 5 heteroatoms. The largest absolute Gasteiger partial charge is 0.481 e. The molecule has 2 N–H and O–H groups in total. The van der Waals surface area contributed by atoms with Crippen LogP contribution in [-0.4, -0.2) is 27.1 Å². The number of aryl methyl sites for hydroxylation is 1. The molecule has 2 atom stereocenters. The molecular formula is C14H21N3O2. The van der Waals surface area contributed by atoms with Crippen LogP contribution in [0.4, 0.5) is 5.82 Å². The van der Waals surface area contributed by atoms with Crippen molar-refractivity contribution in [2.24, 2.45) is 5.41 Å². The van der Waals surface area contributed by atoms with Crippen molar-refractivity contribution in [1.29, 1.82) is 0 Å². The van der Waals surface area contributed by atoms with Gasteiger partial charge in [-0.3, -0.25) is 4.79 Å². The van der Waals surface area contributed by atoms with Crippen molar-refractivity contribution in [2.75, 3.05) is 5.32 Å². The highest BCUT2D eigenvalue weighted by molar-refractivity contribution is 5.76. The van der Waals surface area contributed by atoms with Crippen LogP contribution < -0.4 is 5.32 Å². The molecule has 1 aromatic rings. The minimum atomic E-state index is -0.731. The number of hydrogen-bond donors (Lipinski definition) is 2. The molecule has 2 rings (SSSR count). The van der Waals surface area contributed by atoms with E-state index in [0.717, 1.165) is 37.2 Å². The molecule has 1 aliphatic rings. The lowest BCUT2D eigenvalue weighted by atomic mass is 9.85. The maximum absolute atomic E-state index is 11.4. The molecule has 0 radical (unpaired) electrons. The third-order valence-electron chi connectivity index (χ3n) is 4.00. The maximum atomic E-state index is 11.4. The second kappa shape index (κ2) is 5.55. The van der Waals surface area contributed by atoms with Crippen molar-refractivity contribution >= 4 is 11.8 Å². The molecule has 104 valence electrons. The lowest BCUT2D eigenvalue weighted by Gasteiger charge is -2.28. The van der Waals surface area contributed by atoms with Crippen molar-refractivity contribution < 1.29 is 9.90 Å². The van der Waals surface area contributed by atoms with E-state index in [-0.39, 0.29) is 6.04 Å². The number of hydrogen-bond acceptors (Lipinski definition) is 4. The van der Waals surface area contributed by atoms with Crippen molar-refractivity contribution in [3.8, 4) is 0 Å². The van der Waals surface area contributed by atoms with Crippen molar-refractivity contribution in [1.82, 2.24) is 9.97 Å². The fourth-order valence-corrected chi connectivity index (χ4v) is 2.70. The van der Waals surface area contributed by atoms with Gasteiger partial charge in [0.25, 0.3) is 0 Å². The van der Waals surface area contributed by atoms with Gasteiger partial charge < -0.3 is 10.4 Å². The van der Waals surface area contributed by atoms with Crippen LogP contribution in [0.15, 0.2) is 12.4 Å². The number of rotatable bonds is 5. The summed E-state index contributed by atoms with van der Waals surface area (Å²) in [7, 11) is 0. The van der Waals surface area contributed by atoms with Crippen LogP contribution in [0.2, 0.25) is 0 Å². The van der Waals surface area contributed by atoms with Crippen LogP contribution in [-0.2, 0) is 11.2 Å². The van der Waals surface area contributed by atoms with Crippen LogP contribution in [0, 0.1) is 5.41 Å². The Morgan fingerprint density at radius 2 is 2.37 bits per heavy atom. The van der Waals surface area contributed by atoms with Gasteiger partial charge in [-0.25, -0.2) is 9.97 Å². The van der Waals surface area contributed by atoms with Crippen LogP contribution >= 0.6 is 0 Å². The minimum Gasteiger partial charge on any atom is -0.481 e. The SMILES string of the molecule is CCCc1cc(NC2CCCC2(C)C(=O)O)ncn1. The second-order valence-electron chi connectivity index (χ2n) is 5.46. The highest BCUT2D eigenvalue weighted by atomic mass is 16.4. The summed E-state index contributed by atoms with van der Waals surface area (Å²) in [5.41, 5.74) is 0.297. The highest BCUT2D eigenvalue weighted by Crippen LogP contribution is 2.39. The molecular weight excluding hydrogens is 242 g/mol. The van der Waals surface area contributed by atoms with Gasteiger partial charge in [0.15, 0.2) is 0 Å². The van der Waals surface area contributed by atoms with Crippen molar-refractivity contribution in [3.63, 3.8) is 0 Å². The second-order valence-corrected chi connectivity index (χ2v) is 5.46. The summed E-state index contributed by atoms with van der Waals surface area (Å²) < 4.78 is 0. The molecule has 0 saturated heterocycles. The Morgan fingerprint density at radius 1 is 1.58 bits per heavy atom. The number of carbonyl (C=O) groups is 1. The molecule has 0 bridgehead atoms. The van der Waals surface area contributed by atoms with E-state index in [1.54, 1.807) is 6.33 Å². The topological polar surface area (TPSA) is 75.1 Å². The van der Waals surface area contributed by atoms with Crippen LogP contribution in [0.5, 0.6) is 0 Å². The van der Waals surface area contributed by atoms with Gasteiger partial charge in [0, 0.05) is 17.8 Å². The van der Waals surface area contributed by atoms with E-state index < -0.39 is 11.4 Å². The Balaban J connectivity index is 2.12. The molecule has 0 aromatic carbocycles. The quantitative estimate of drug-likeness (QED) is 0.853. The summed E-state index contributed by atoms with van der Waals surface area (Å²) in [4.78, 5) is 19.8. The summed E-state index contributed by atoms with van der Waals surface area (Å²) in [6.07, 6.45) is 6.02. The number of anilines is 1. The summed E-state index contributed by atoms with van der Waals surface area (Å²) in [5, 5.41) is 12.7. The monoisotopic (exact) mass is 263 g/mol. The van der Waals surface area contributed by atoms with Gasteiger partial charge in [0.1, 0.15) is 12.1 Å². The minimum absolute atomic E-state index is 0.0608. The Labute approximate surface area is 113 Å². The van der Waals surface area contributed by atoms with Crippen LogP contribution in [0.25, 0.3) is 0 Å². The Kier molecular flexibility index (Phi) is 4.02. The number of aromatic nitrogens is 2. The predicted octanol–water partition coefficient (Wildman–Crippen LogP) is 2.48. The van der Waals surface area contributed by atoms with Gasteiger partial charge in [-0.05, 0) is 26.2 Å². The Morgan fingerprint density at radius 3 is 3.05 bits per heavy atom. The molecule has 0 aliphatic heterocycles. The Hall–Kier alpha value is -1.65. The smallest absolute Gasteiger partial charge is 0.311 e. The molecule has 5 nitrogen and oxygen atoms in total. The summed E-state index contributed by atoms with van der Waals surface area (Å²) in [5.74, 6) is 0.00293. The van der Waals surface area contributed by atoms with Crippen LogP contribution in [0.3, 0.4) is 0 Å². The van der Waals surface area contributed by atoms with Crippen LogP contribution in [0.1, 0.15) is 45.2 Å². The van der Waals surface area contributed by atoms with Gasteiger partial charge in [-0.15, -0.1) is 0 Å². The summed E-state index contributed by atoms with van der Waals surface area (Å²) in [6, 6.07) is 1.86. The molecule has 1 heterocycles. The van der Waals surface area contributed by atoms with E-state index in [2.05, 4.69) is 22.2 Å². The fraction of sp³-hybridized carbons (Fsp3) is 0.643. The molecule has 2 unspecified atom stereocenters. The van der Waals surface area contributed by atoms with E-state index in [1.807, 2.05) is 13.0 Å². The number of carboxylic acids is 1. The third-order valence-corrected chi connectivity index (χ3v) is 4.00. The lowest BCUT2D eigenvalue weighted by molar-refractivity contribution is -0.147. The molecule has 1 saturated carbocycles. The van der Waals surface area contributed by atoms with Gasteiger partial charge >= 0.3 is 5.97 Å². The van der Waals surface area contributed by atoms with Gasteiger partial charge in [0.05, 0.1) is 5.41 Å². The van der Waals surface area contributed by atoms with E-state index in [9.17, 15) is 9.90 Å². The van der Waals surface area contributed by atoms with E-state index in [1.165, 1.54) is 0 Å². The van der Waals surface area contributed by atoms with E-state index in [4.69, 9.17) is 0 Å². The lowest BCUT2D eigenvalue weighted by Crippen LogP contribution is -2.40. The highest BCUT2D eigenvalue weighted by Gasteiger charge is 2.45. The first kappa shape index (κ1) is 13.8.